The molecule has 1 atom stereocenters. The van der Waals surface area contributed by atoms with E-state index >= 15 is 0 Å². The summed E-state index contributed by atoms with van der Waals surface area (Å²) in [5, 5.41) is 2.82. The van der Waals surface area contributed by atoms with Crippen LogP contribution >= 0.6 is 0 Å². The van der Waals surface area contributed by atoms with Crippen LogP contribution < -0.4 is 10.1 Å². The number of rotatable bonds is 10. The Morgan fingerprint density at radius 1 is 0.971 bits per heavy atom. The van der Waals surface area contributed by atoms with Crippen LogP contribution in [-0.2, 0) is 22.6 Å². The molecule has 178 valence electrons. The summed E-state index contributed by atoms with van der Waals surface area (Å²) >= 11 is 0. The Morgan fingerprint density at radius 3 is 2.35 bits per heavy atom. The number of carbonyl (C=O) groups excluding carboxylic acids is 2. The average molecular weight is 463 g/mol. The highest BCUT2D eigenvalue weighted by molar-refractivity contribution is 5.88. The van der Waals surface area contributed by atoms with Crippen LogP contribution in [0.15, 0.2) is 72.8 Å². The first-order valence-electron chi connectivity index (χ1n) is 11.4. The molecule has 0 fully saturated rings. The smallest absolute Gasteiger partial charge is 0.261 e. The molecular weight excluding hydrogens is 431 g/mol. The van der Waals surface area contributed by atoms with Gasteiger partial charge in [-0.3, -0.25) is 9.59 Å². The Bertz CT molecular complexity index is 1120. The highest BCUT2D eigenvalue weighted by Crippen LogP contribution is 2.19. The van der Waals surface area contributed by atoms with Crippen molar-refractivity contribution in [3.05, 3.63) is 101 Å². The van der Waals surface area contributed by atoms with Crippen molar-refractivity contribution < 1.29 is 18.7 Å². The average Bonchev–Trinajstić information content (AvgIpc) is 2.83. The third-order valence-electron chi connectivity index (χ3n) is 5.76. The highest BCUT2D eigenvalue weighted by Gasteiger charge is 2.31. The normalized spacial score (nSPS) is 11.5. The van der Waals surface area contributed by atoms with Crippen LogP contribution in [0.4, 0.5) is 4.39 Å². The predicted molar refractivity (Wildman–Crippen MR) is 131 cm³/mol. The van der Waals surface area contributed by atoms with E-state index in [0.717, 1.165) is 16.7 Å². The fourth-order valence-electron chi connectivity index (χ4n) is 3.69. The van der Waals surface area contributed by atoms with Crippen LogP contribution in [0, 0.1) is 19.7 Å². The number of carbonyl (C=O) groups is 2. The monoisotopic (exact) mass is 462 g/mol. The molecule has 0 aromatic heterocycles. The molecule has 0 aliphatic rings. The molecular formula is C28H31FN2O3. The van der Waals surface area contributed by atoms with Crippen molar-refractivity contribution in [1.29, 1.82) is 0 Å². The van der Waals surface area contributed by atoms with E-state index in [0.29, 0.717) is 24.3 Å². The number of ether oxygens (including phenoxy) is 1. The standard InChI is InChI=1S/C28H31FN2O3/c1-4-30-28(33)26(17-22-10-6-5-7-11-22)31(18-23-12-8-9-13-25(23)29)27(32)19-34-24-15-14-20(2)21(3)16-24/h5-16,26H,4,17-19H2,1-3H3,(H,30,33)/t26-/m0/s1. The predicted octanol–water partition coefficient (Wildman–Crippen LogP) is 4.60. The number of nitrogens with zero attached hydrogens (tertiary/aromatic N) is 1. The van der Waals surface area contributed by atoms with Gasteiger partial charge in [0.15, 0.2) is 6.61 Å². The third-order valence-corrected chi connectivity index (χ3v) is 5.76. The summed E-state index contributed by atoms with van der Waals surface area (Å²) in [6.07, 6.45) is 0.302. The van der Waals surface area contributed by atoms with Gasteiger partial charge in [-0.25, -0.2) is 4.39 Å². The van der Waals surface area contributed by atoms with Gasteiger partial charge in [-0.1, -0.05) is 54.6 Å². The summed E-state index contributed by atoms with van der Waals surface area (Å²) in [5.41, 5.74) is 3.42. The molecule has 0 saturated carbocycles. The van der Waals surface area contributed by atoms with E-state index in [1.807, 2.05) is 69.3 Å². The Labute approximate surface area is 200 Å². The number of hydrogen-bond donors (Lipinski definition) is 1. The highest BCUT2D eigenvalue weighted by atomic mass is 19.1. The van der Waals surface area contributed by atoms with Gasteiger partial charge in [0.25, 0.3) is 5.91 Å². The quantitative estimate of drug-likeness (QED) is 0.479. The van der Waals surface area contributed by atoms with Crippen molar-refractivity contribution in [3.8, 4) is 5.75 Å². The number of amides is 2. The molecule has 0 unspecified atom stereocenters. The zero-order valence-electron chi connectivity index (χ0n) is 19.9. The van der Waals surface area contributed by atoms with E-state index < -0.39 is 17.8 Å². The fraction of sp³-hybridized carbons (Fsp3) is 0.286. The zero-order valence-corrected chi connectivity index (χ0v) is 19.9. The lowest BCUT2D eigenvalue weighted by Gasteiger charge is -2.31. The van der Waals surface area contributed by atoms with Gasteiger partial charge in [0.05, 0.1) is 0 Å². The molecule has 0 heterocycles. The molecule has 6 heteroatoms. The molecule has 0 aliphatic carbocycles. The second-order valence-electron chi connectivity index (χ2n) is 8.25. The lowest BCUT2D eigenvalue weighted by atomic mass is 10.0. The Kier molecular flexibility index (Phi) is 8.79. The summed E-state index contributed by atoms with van der Waals surface area (Å²) in [6.45, 7) is 5.91. The SMILES string of the molecule is CCNC(=O)[C@H](Cc1ccccc1)N(Cc1ccccc1F)C(=O)COc1ccc(C)c(C)c1. The van der Waals surface area contributed by atoms with Gasteiger partial charge in [0.1, 0.15) is 17.6 Å². The van der Waals surface area contributed by atoms with Gasteiger partial charge >= 0.3 is 0 Å². The second-order valence-corrected chi connectivity index (χ2v) is 8.25. The number of likely N-dealkylation sites (N-methyl/N-ethyl adjacent to an activating group) is 1. The van der Waals surface area contributed by atoms with Crippen LogP contribution in [0.3, 0.4) is 0 Å². The molecule has 0 bridgehead atoms. The maximum Gasteiger partial charge on any atom is 0.261 e. The number of hydrogen-bond acceptors (Lipinski definition) is 3. The molecule has 3 rings (SSSR count). The molecule has 1 N–H and O–H groups in total. The van der Waals surface area contributed by atoms with Crippen LogP contribution in [0.1, 0.15) is 29.2 Å². The molecule has 0 saturated heterocycles. The van der Waals surface area contributed by atoms with Gasteiger partial charge < -0.3 is 15.0 Å². The van der Waals surface area contributed by atoms with Gasteiger partial charge in [0, 0.05) is 25.1 Å². The van der Waals surface area contributed by atoms with Crippen molar-refractivity contribution in [2.75, 3.05) is 13.2 Å². The Morgan fingerprint density at radius 2 is 1.68 bits per heavy atom. The van der Waals surface area contributed by atoms with Crippen molar-refractivity contribution in [2.45, 2.75) is 39.8 Å². The topological polar surface area (TPSA) is 58.6 Å². The van der Waals surface area contributed by atoms with Crippen molar-refractivity contribution >= 4 is 11.8 Å². The number of aryl methyl sites for hydroxylation is 2. The van der Waals surface area contributed by atoms with Crippen LogP contribution in [0.2, 0.25) is 0 Å². The van der Waals surface area contributed by atoms with Crippen molar-refractivity contribution in [3.63, 3.8) is 0 Å². The van der Waals surface area contributed by atoms with Crippen LogP contribution in [-0.4, -0.2) is 35.9 Å². The summed E-state index contributed by atoms with van der Waals surface area (Å²) in [4.78, 5) is 27.9. The zero-order chi connectivity index (χ0) is 24.5. The van der Waals surface area contributed by atoms with E-state index in [-0.39, 0.29) is 19.1 Å². The van der Waals surface area contributed by atoms with E-state index in [2.05, 4.69) is 5.32 Å². The first-order chi connectivity index (χ1) is 16.4. The number of benzene rings is 3. The number of nitrogens with one attached hydrogen (secondary N) is 1. The molecule has 0 spiro atoms. The van der Waals surface area contributed by atoms with Gasteiger partial charge in [0.2, 0.25) is 5.91 Å². The first kappa shape index (κ1) is 25.0. The fourth-order valence-corrected chi connectivity index (χ4v) is 3.69. The van der Waals surface area contributed by atoms with Crippen LogP contribution in [0.25, 0.3) is 0 Å². The summed E-state index contributed by atoms with van der Waals surface area (Å²) < 4.78 is 20.3. The van der Waals surface area contributed by atoms with E-state index in [1.165, 1.54) is 11.0 Å². The van der Waals surface area contributed by atoms with Crippen molar-refractivity contribution in [2.24, 2.45) is 0 Å². The van der Waals surface area contributed by atoms with E-state index in [1.54, 1.807) is 18.2 Å². The maximum absolute atomic E-state index is 14.5. The first-order valence-corrected chi connectivity index (χ1v) is 11.4. The number of halogens is 1. The van der Waals surface area contributed by atoms with Gasteiger partial charge in [-0.15, -0.1) is 0 Å². The molecule has 0 radical (unpaired) electrons. The molecule has 3 aromatic carbocycles. The van der Waals surface area contributed by atoms with Gasteiger partial charge in [-0.2, -0.15) is 0 Å². The van der Waals surface area contributed by atoms with E-state index in [9.17, 15) is 14.0 Å². The van der Waals surface area contributed by atoms with E-state index in [4.69, 9.17) is 4.74 Å². The third kappa shape index (κ3) is 6.67. The van der Waals surface area contributed by atoms with Gasteiger partial charge in [-0.05, 0) is 55.7 Å². The minimum atomic E-state index is -0.821. The second kappa shape index (κ2) is 12.0. The minimum Gasteiger partial charge on any atom is -0.484 e. The lowest BCUT2D eigenvalue weighted by molar-refractivity contribution is -0.142. The maximum atomic E-state index is 14.5. The summed E-state index contributed by atoms with van der Waals surface area (Å²) in [5.74, 6) is -0.541. The lowest BCUT2D eigenvalue weighted by Crippen LogP contribution is -2.51. The van der Waals surface area contributed by atoms with Crippen molar-refractivity contribution in [1.82, 2.24) is 10.2 Å². The Hall–Kier alpha value is -3.67. The van der Waals surface area contributed by atoms with Crippen LogP contribution in [0.5, 0.6) is 5.75 Å². The largest absolute Gasteiger partial charge is 0.484 e. The Balaban J connectivity index is 1.90. The molecule has 2 amide bonds. The molecule has 3 aromatic rings. The molecule has 5 nitrogen and oxygen atoms in total. The molecule has 0 aliphatic heterocycles. The molecule has 34 heavy (non-hydrogen) atoms. The summed E-state index contributed by atoms with van der Waals surface area (Å²) in [7, 11) is 0. The minimum absolute atomic E-state index is 0.0452. The summed E-state index contributed by atoms with van der Waals surface area (Å²) in [6, 6.07) is 20.5.